The van der Waals surface area contributed by atoms with Gasteiger partial charge in [0.2, 0.25) is 5.91 Å². The number of amides is 1. The Kier molecular flexibility index (Phi) is 7.53. The molecule has 1 aromatic rings. The minimum absolute atomic E-state index is 0. The van der Waals surface area contributed by atoms with E-state index in [0.29, 0.717) is 12.5 Å². The number of thioether (sulfide) groups is 1. The summed E-state index contributed by atoms with van der Waals surface area (Å²) in [5.74, 6) is 1.66. The molecule has 1 fully saturated rings. The van der Waals surface area contributed by atoms with Gasteiger partial charge in [-0.2, -0.15) is 0 Å². The number of hydrogen-bond donors (Lipinski definition) is 1. The minimum Gasteiger partial charge on any atom is -0.496 e. The molecule has 0 saturated carbocycles. The number of nitrogens with one attached hydrogen (secondary N) is 1. The van der Waals surface area contributed by atoms with Crippen LogP contribution in [-0.4, -0.2) is 44.3 Å². The SMILES string of the molecule is COc1cc(CN(C)C(=O)C(C)C2CNC2)ccc1SC.Cl. The molecule has 1 N–H and O–H groups in total. The second-order valence-corrected chi connectivity index (χ2v) is 6.44. The average molecular weight is 345 g/mol. The molecular weight excluding hydrogens is 320 g/mol. The van der Waals surface area contributed by atoms with Crippen molar-refractivity contribution < 1.29 is 9.53 Å². The first-order chi connectivity index (χ1) is 10.1. The normalized spacial score (nSPS) is 15.5. The lowest BCUT2D eigenvalue weighted by Crippen LogP contribution is -2.49. The molecule has 1 atom stereocenters. The molecule has 22 heavy (non-hydrogen) atoms. The highest BCUT2D eigenvalue weighted by atomic mass is 35.5. The summed E-state index contributed by atoms with van der Waals surface area (Å²) < 4.78 is 5.40. The highest BCUT2D eigenvalue weighted by Gasteiger charge is 2.30. The van der Waals surface area contributed by atoms with Crippen LogP contribution >= 0.6 is 24.2 Å². The van der Waals surface area contributed by atoms with E-state index < -0.39 is 0 Å². The van der Waals surface area contributed by atoms with Crippen molar-refractivity contribution in [2.75, 3.05) is 33.5 Å². The van der Waals surface area contributed by atoms with Crippen LogP contribution in [0.4, 0.5) is 0 Å². The molecule has 124 valence electrons. The second kappa shape index (κ2) is 8.65. The van der Waals surface area contributed by atoms with Crippen molar-refractivity contribution in [3.8, 4) is 5.75 Å². The van der Waals surface area contributed by atoms with E-state index in [1.807, 2.05) is 31.2 Å². The van der Waals surface area contributed by atoms with Crippen molar-refractivity contribution in [2.45, 2.75) is 18.4 Å². The second-order valence-electron chi connectivity index (χ2n) is 5.59. The smallest absolute Gasteiger partial charge is 0.225 e. The van der Waals surface area contributed by atoms with Crippen LogP contribution < -0.4 is 10.1 Å². The van der Waals surface area contributed by atoms with E-state index in [1.165, 1.54) is 0 Å². The number of carbonyl (C=O) groups excluding carboxylic acids is 1. The number of methoxy groups -OCH3 is 1. The summed E-state index contributed by atoms with van der Waals surface area (Å²) in [5, 5.41) is 3.22. The third-order valence-electron chi connectivity index (χ3n) is 4.15. The molecule has 1 aromatic carbocycles. The highest BCUT2D eigenvalue weighted by Crippen LogP contribution is 2.29. The van der Waals surface area contributed by atoms with E-state index in [4.69, 9.17) is 4.74 Å². The van der Waals surface area contributed by atoms with Gasteiger partial charge >= 0.3 is 0 Å². The molecule has 0 aromatic heterocycles. The van der Waals surface area contributed by atoms with Crippen molar-refractivity contribution >= 4 is 30.1 Å². The van der Waals surface area contributed by atoms with Gasteiger partial charge in [0.25, 0.3) is 0 Å². The van der Waals surface area contributed by atoms with Crippen molar-refractivity contribution in [3.05, 3.63) is 23.8 Å². The number of halogens is 1. The lowest BCUT2D eigenvalue weighted by Gasteiger charge is -2.34. The maximum Gasteiger partial charge on any atom is 0.225 e. The Morgan fingerprint density at radius 2 is 2.18 bits per heavy atom. The minimum atomic E-state index is 0. The Hall–Kier alpha value is -0.910. The molecule has 1 saturated heterocycles. The van der Waals surface area contributed by atoms with E-state index in [2.05, 4.69) is 17.4 Å². The van der Waals surface area contributed by atoms with Gasteiger partial charge in [-0.05, 0) is 43.0 Å². The maximum atomic E-state index is 12.4. The number of carbonyl (C=O) groups is 1. The van der Waals surface area contributed by atoms with Crippen LogP contribution in [0.3, 0.4) is 0 Å². The molecule has 1 unspecified atom stereocenters. The number of nitrogens with zero attached hydrogens (tertiary/aromatic N) is 1. The summed E-state index contributed by atoms with van der Waals surface area (Å²) >= 11 is 1.66. The van der Waals surface area contributed by atoms with Gasteiger partial charge < -0.3 is 15.0 Å². The van der Waals surface area contributed by atoms with Gasteiger partial charge in [-0.15, -0.1) is 24.2 Å². The average Bonchev–Trinajstić information content (AvgIpc) is 2.44. The van der Waals surface area contributed by atoms with Crippen LogP contribution in [0.1, 0.15) is 12.5 Å². The molecule has 4 nitrogen and oxygen atoms in total. The van der Waals surface area contributed by atoms with Gasteiger partial charge in [-0.3, -0.25) is 4.79 Å². The van der Waals surface area contributed by atoms with Gasteiger partial charge in [0.05, 0.1) is 7.11 Å². The molecule has 1 amide bonds. The fourth-order valence-corrected chi connectivity index (χ4v) is 3.09. The summed E-state index contributed by atoms with van der Waals surface area (Å²) in [5.41, 5.74) is 1.10. The van der Waals surface area contributed by atoms with E-state index in [1.54, 1.807) is 18.9 Å². The zero-order valence-electron chi connectivity index (χ0n) is 13.6. The van der Waals surface area contributed by atoms with Crippen LogP contribution in [0.15, 0.2) is 23.1 Å². The van der Waals surface area contributed by atoms with Gasteiger partial charge in [-0.1, -0.05) is 13.0 Å². The first kappa shape index (κ1) is 19.1. The fraction of sp³-hybridized carbons (Fsp3) is 0.562. The number of benzene rings is 1. The van der Waals surface area contributed by atoms with E-state index in [-0.39, 0.29) is 24.2 Å². The predicted octanol–water partition coefficient (Wildman–Crippen LogP) is 2.65. The highest BCUT2D eigenvalue weighted by molar-refractivity contribution is 7.98. The summed E-state index contributed by atoms with van der Waals surface area (Å²) in [4.78, 5) is 15.4. The third kappa shape index (κ3) is 4.31. The van der Waals surface area contributed by atoms with Crippen LogP contribution in [0.5, 0.6) is 5.75 Å². The van der Waals surface area contributed by atoms with E-state index in [0.717, 1.165) is 29.3 Å². The molecule has 1 aliphatic heterocycles. The molecule has 0 aliphatic carbocycles. The number of rotatable bonds is 6. The van der Waals surface area contributed by atoms with Gasteiger partial charge in [0.1, 0.15) is 5.75 Å². The summed E-state index contributed by atoms with van der Waals surface area (Å²) in [6.45, 7) is 4.56. The topological polar surface area (TPSA) is 41.6 Å². The molecule has 1 aliphatic rings. The Labute approximate surface area is 143 Å². The molecule has 0 spiro atoms. The summed E-state index contributed by atoms with van der Waals surface area (Å²) in [6, 6.07) is 6.13. The first-order valence-corrected chi connectivity index (χ1v) is 8.46. The molecule has 6 heteroatoms. The number of ether oxygens (including phenoxy) is 1. The van der Waals surface area contributed by atoms with E-state index in [9.17, 15) is 4.79 Å². The van der Waals surface area contributed by atoms with Crippen LogP contribution in [0, 0.1) is 11.8 Å². The standard InChI is InChI=1S/C16H24N2O2S.ClH/c1-11(13-8-17-9-13)16(19)18(2)10-12-5-6-15(21-4)14(7-12)20-3;/h5-7,11,13,17H,8-10H2,1-4H3;1H. The third-order valence-corrected chi connectivity index (χ3v) is 4.93. The molecule has 1 heterocycles. The Morgan fingerprint density at radius 1 is 1.50 bits per heavy atom. The molecule has 0 radical (unpaired) electrons. The van der Waals surface area contributed by atoms with Crippen LogP contribution in [-0.2, 0) is 11.3 Å². The van der Waals surface area contributed by atoms with Crippen molar-refractivity contribution in [2.24, 2.45) is 11.8 Å². The lowest BCUT2D eigenvalue weighted by molar-refractivity contribution is -0.136. The Balaban J connectivity index is 0.00000242. The Morgan fingerprint density at radius 3 is 2.68 bits per heavy atom. The molecule has 0 bridgehead atoms. The quantitative estimate of drug-likeness (QED) is 0.805. The Bertz CT molecular complexity index is 509. The lowest BCUT2D eigenvalue weighted by atomic mass is 9.88. The zero-order chi connectivity index (χ0) is 15.4. The maximum absolute atomic E-state index is 12.4. The molecule has 2 rings (SSSR count). The van der Waals surface area contributed by atoms with Crippen molar-refractivity contribution in [3.63, 3.8) is 0 Å². The van der Waals surface area contributed by atoms with Crippen LogP contribution in [0.2, 0.25) is 0 Å². The van der Waals surface area contributed by atoms with E-state index >= 15 is 0 Å². The fourth-order valence-electron chi connectivity index (χ4n) is 2.54. The largest absolute Gasteiger partial charge is 0.496 e. The van der Waals surface area contributed by atoms with Crippen LogP contribution in [0.25, 0.3) is 0 Å². The van der Waals surface area contributed by atoms with Gasteiger partial charge in [0.15, 0.2) is 0 Å². The predicted molar refractivity (Wildman–Crippen MR) is 94.0 cm³/mol. The van der Waals surface area contributed by atoms with Crippen molar-refractivity contribution in [1.82, 2.24) is 10.2 Å². The summed E-state index contributed by atoms with van der Waals surface area (Å²) in [7, 11) is 3.55. The number of hydrogen-bond acceptors (Lipinski definition) is 4. The zero-order valence-corrected chi connectivity index (χ0v) is 15.2. The summed E-state index contributed by atoms with van der Waals surface area (Å²) in [6.07, 6.45) is 2.03. The molecular formula is C16H25ClN2O2S. The monoisotopic (exact) mass is 344 g/mol. The van der Waals surface area contributed by atoms with Gasteiger partial charge in [-0.25, -0.2) is 0 Å². The first-order valence-electron chi connectivity index (χ1n) is 7.23. The van der Waals surface area contributed by atoms with Gasteiger partial charge in [0, 0.05) is 24.4 Å². The van der Waals surface area contributed by atoms with Crippen molar-refractivity contribution in [1.29, 1.82) is 0 Å².